The third-order valence-electron chi connectivity index (χ3n) is 16.4. The largest absolute Gasteiger partial charge is 0.0998 e. The van der Waals surface area contributed by atoms with Crippen molar-refractivity contribution in [2.75, 3.05) is 0 Å². The second kappa shape index (κ2) is 10.2. The fourth-order valence-electron chi connectivity index (χ4n) is 15.0. The van der Waals surface area contributed by atoms with Crippen molar-refractivity contribution < 1.29 is 0 Å². The van der Waals surface area contributed by atoms with Crippen LogP contribution in [0, 0.1) is 99.1 Å². The molecular formula is C39H68. The molecule has 0 amide bonds. The van der Waals surface area contributed by atoms with Crippen molar-refractivity contribution in [1.82, 2.24) is 0 Å². The van der Waals surface area contributed by atoms with Crippen LogP contribution >= 0.6 is 0 Å². The van der Waals surface area contributed by atoms with E-state index < -0.39 is 0 Å². The molecule has 0 heteroatoms. The van der Waals surface area contributed by atoms with Crippen LogP contribution in [0.4, 0.5) is 0 Å². The fraction of sp³-hybridized carbons (Fsp3) is 0.949. The van der Waals surface area contributed by atoms with E-state index in [1.807, 2.05) is 0 Å². The standard InChI is InChI=1S/C39H68/c1-22(2)34-26(6)21-37(11)30(10)38(12)33(20-31-18-23(3)17-24(4)19-31)32-16-14-15-25(5)35(32)27(7)36(38)29(9)39(37,13)28(34)8/h23-36H,1,14-21H2,2-13H3. The van der Waals surface area contributed by atoms with Crippen LogP contribution in [0.15, 0.2) is 12.2 Å². The van der Waals surface area contributed by atoms with Gasteiger partial charge in [0.1, 0.15) is 0 Å². The molecule has 0 aliphatic heterocycles. The molecule has 5 fully saturated rings. The van der Waals surface area contributed by atoms with E-state index in [1.54, 1.807) is 0 Å². The third-order valence-corrected chi connectivity index (χ3v) is 16.4. The molecule has 5 aliphatic rings. The van der Waals surface area contributed by atoms with Crippen LogP contribution in [0.25, 0.3) is 0 Å². The lowest BCUT2D eigenvalue weighted by Crippen LogP contribution is -2.72. The van der Waals surface area contributed by atoms with E-state index in [9.17, 15) is 0 Å². The van der Waals surface area contributed by atoms with Gasteiger partial charge in [-0.25, -0.2) is 0 Å². The Morgan fingerprint density at radius 2 is 1.41 bits per heavy atom. The summed E-state index contributed by atoms with van der Waals surface area (Å²) in [5.74, 6) is 11.9. The van der Waals surface area contributed by atoms with Crippen LogP contribution < -0.4 is 0 Å². The van der Waals surface area contributed by atoms with Crippen LogP contribution in [-0.4, -0.2) is 0 Å². The molecule has 224 valence electrons. The molecule has 0 spiro atoms. The van der Waals surface area contributed by atoms with Gasteiger partial charge in [-0.05, 0) is 145 Å². The molecule has 5 rings (SSSR count). The molecule has 0 bridgehead atoms. The van der Waals surface area contributed by atoms with Crippen molar-refractivity contribution in [3.8, 4) is 0 Å². The van der Waals surface area contributed by atoms with Gasteiger partial charge in [0, 0.05) is 0 Å². The molecule has 5 aliphatic carbocycles. The second-order valence-electron chi connectivity index (χ2n) is 18.1. The highest BCUT2D eigenvalue weighted by Crippen LogP contribution is 2.78. The first-order valence-electron chi connectivity index (χ1n) is 17.8. The normalized spacial score (nSPS) is 59.6. The zero-order valence-electron chi connectivity index (χ0n) is 28.4. The summed E-state index contributed by atoms with van der Waals surface area (Å²) in [6, 6.07) is 0. The lowest BCUT2D eigenvalue weighted by molar-refractivity contribution is -0.290. The first-order chi connectivity index (χ1) is 18.1. The van der Waals surface area contributed by atoms with E-state index >= 15 is 0 Å². The number of allylic oxidation sites excluding steroid dienone is 1. The highest BCUT2D eigenvalue weighted by atomic mass is 14.8. The summed E-state index contributed by atoms with van der Waals surface area (Å²) in [5, 5.41) is 0. The Morgan fingerprint density at radius 1 is 0.795 bits per heavy atom. The van der Waals surface area contributed by atoms with E-state index in [0.717, 1.165) is 71.0 Å². The van der Waals surface area contributed by atoms with Gasteiger partial charge >= 0.3 is 0 Å². The fourth-order valence-corrected chi connectivity index (χ4v) is 15.0. The number of fused-ring (bicyclic) bond motifs is 3. The van der Waals surface area contributed by atoms with Gasteiger partial charge in [0.05, 0.1) is 0 Å². The van der Waals surface area contributed by atoms with Crippen LogP contribution in [0.1, 0.15) is 134 Å². The quantitative estimate of drug-likeness (QED) is 0.315. The molecular weight excluding hydrogens is 468 g/mol. The summed E-state index contributed by atoms with van der Waals surface area (Å²) in [6.45, 7) is 36.7. The van der Waals surface area contributed by atoms with E-state index in [-0.39, 0.29) is 0 Å². The maximum atomic E-state index is 4.58. The smallest absolute Gasteiger partial charge is 0.0152 e. The SMILES string of the molecule is C=C(C)C1C(C)CC2(C)C(C)C3(C)C(CC4CC(C)CC(C)C4)C4CCCC(C)C4C(C)C3C(C)C2(C)C1C. The van der Waals surface area contributed by atoms with Crippen molar-refractivity contribution in [3.63, 3.8) is 0 Å². The highest BCUT2D eigenvalue weighted by Gasteiger charge is 2.73. The zero-order chi connectivity index (χ0) is 28.8. The number of hydrogen-bond donors (Lipinski definition) is 0. The Labute approximate surface area is 245 Å². The first kappa shape index (κ1) is 30.2. The van der Waals surface area contributed by atoms with Gasteiger partial charge in [0.25, 0.3) is 0 Å². The molecule has 0 nitrogen and oxygen atoms in total. The van der Waals surface area contributed by atoms with E-state index in [1.165, 1.54) is 56.9 Å². The summed E-state index contributed by atoms with van der Waals surface area (Å²) >= 11 is 0. The van der Waals surface area contributed by atoms with Gasteiger partial charge in [0.2, 0.25) is 0 Å². The summed E-state index contributed by atoms with van der Waals surface area (Å²) in [6.07, 6.45) is 11.9. The van der Waals surface area contributed by atoms with Crippen molar-refractivity contribution in [1.29, 1.82) is 0 Å². The topological polar surface area (TPSA) is 0 Å². The predicted molar refractivity (Wildman–Crippen MR) is 170 cm³/mol. The van der Waals surface area contributed by atoms with Gasteiger partial charge in [-0.1, -0.05) is 101 Å². The lowest BCUT2D eigenvalue weighted by Gasteiger charge is -2.77. The average Bonchev–Trinajstić information content (AvgIpc) is 2.82. The van der Waals surface area contributed by atoms with Crippen LogP contribution in [0.5, 0.6) is 0 Å². The van der Waals surface area contributed by atoms with E-state index in [0.29, 0.717) is 28.1 Å². The molecule has 39 heavy (non-hydrogen) atoms. The van der Waals surface area contributed by atoms with Gasteiger partial charge < -0.3 is 0 Å². The summed E-state index contributed by atoms with van der Waals surface area (Å²) in [5.41, 5.74) is 2.65. The minimum Gasteiger partial charge on any atom is -0.0998 e. The van der Waals surface area contributed by atoms with Gasteiger partial charge in [0.15, 0.2) is 0 Å². The van der Waals surface area contributed by atoms with Crippen molar-refractivity contribution >= 4 is 0 Å². The molecule has 0 aromatic rings. The molecule has 0 aromatic heterocycles. The Bertz CT molecular complexity index is 905. The molecule has 0 heterocycles. The minimum atomic E-state index is 0.365. The lowest BCUT2D eigenvalue weighted by atomic mass is 9.28. The molecule has 16 unspecified atom stereocenters. The molecule has 0 N–H and O–H groups in total. The van der Waals surface area contributed by atoms with Crippen LogP contribution in [-0.2, 0) is 0 Å². The molecule has 0 saturated heterocycles. The molecule has 0 radical (unpaired) electrons. The van der Waals surface area contributed by atoms with Crippen LogP contribution in [0.3, 0.4) is 0 Å². The number of rotatable bonds is 3. The van der Waals surface area contributed by atoms with Gasteiger partial charge in [-0.3, -0.25) is 0 Å². The Morgan fingerprint density at radius 3 is 2.00 bits per heavy atom. The van der Waals surface area contributed by atoms with Gasteiger partial charge in [-0.15, -0.1) is 0 Å². The molecule has 16 atom stereocenters. The summed E-state index contributed by atoms with van der Waals surface area (Å²) in [7, 11) is 0. The monoisotopic (exact) mass is 537 g/mol. The Hall–Kier alpha value is -0.260. The van der Waals surface area contributed by atoms with E-state index in [2.05, 4.69) is 89.7 Å². The van der Waals surface area contributed by atoms with Crippen molar-refractivity contribution in [2.45, 2.75) is 134 Å². The first-order valence-corrected chi connectivity index (χ1v) is 17.8. The number of hydrogen-bond acceptors (Lipinski definition) is 0. The highest BCUT2D eigenvalue weighted by molar-refractivity contribution is 5.22. The molecule has 0 aromatic carbocycles. The Kier molecular flexibility index (Phi) is 7.88. The van der Waals surface area contributed by atoms with Crippen LogP contribution in [0.2, 0.25) is 0 Å². The van der Waals surface area contributed by atoms with Crippen molar-refractivity contribution in [3.05, 3.63) is 12.2 Å². The third kappa shape index (κ3) is 4.15. The zero-order valence-corrected chi connectivity index (χ0v) is 28.4. The van der Waals surface area contributed by atoms with E-state index in [4.69, 9.17) is 0 Å². The maximum absolute atomic E-state index is 4.58. The maximum Gasteiger partial charge on any atom is -0.0152 e. The van der Waals surface area contributed by atoms with Crippen molar-refractivity contribution in [2.24, 2.45) is 99.1 Å². The summed E-state index contributed by atoms with van der Waals surface area (Å²) < 4.78 is 0. The second-order valence-corrected chi connectivity index (χ2v) is 18.1. The van der Waals surface area contributed by atoms with Gasteiger partial charge in [-0.2, -0.15) is 0 Å². The summed E-state index contributed by atoms with van der Waals surface area (Å²) in [4.78, 5) is 0. The average molecular weight is 537 g/mol. The minimum absolute atomic E-state index is 0.365. The Balaban J connectivity index is 1.64. The predicted octanol–water partition coefficient (Wildman–Crippen LogP) is 11.6. The molecule has 5 saturated carbocycles.